The molecule has 7 heteroatoms. The molecule has 0 aliphatic rings. The Kier molecular flexibility index (Phi) is 4.18. The van der Waals surface area contributed by atoms with E-state index in [-0.39, 0.29) is 11.5 Å². The topological polar surface area (TPSA) is 83.0 Å². The third-order valence-electron chi connectivity index (χ3n) is 4.23. The zero-order valence-electron chi connectivity index (χ0n) is 13.9. The van der Waals surface area contributed by atoms with Crippen LogP contribution in [0.3, 0.4) is 0 Å². The van der Waals surface area contributed by atoms with Gasteiger partial charge in [0.25, 0.3) is 5.69 Å². The zero-order chi connectivity index (χ0) is 19.0. The van der Waals surface area contributed by atoms with E-state index >= 15 is 0 Å². The van der Waals surface area contributed by atoms with Crippen LogP contribution in [0.25, 0.3) is 33.5 Å². The molecule has 0 atom stereocenters. The summed E-state index contributed by atoms with van der Waals surface area (Å²) in [7, 11) is 0. The summed E-state index contributed by atoms with van der Waals surface area (Å²) in [5.74, 6) is 0.175. The van der Waals surface area contributed by atoms with Crippen LogP contribution in [-0.2, 0) is 0 Å². The molecule has 0 spiro atoms. The van der Waals surface area contributed by atoms with Gasteiger partial charge in [-0.3, -0.25) is 10.1 Å². The highest BCUT2D eigenvalue weighted by Crippen LogP contribution is 2.28. The Bertz CT molecular complexity index is 1160. The van der Waals surface area contributed by atoms with Gasteiger partial charge in [-0.05, 0) is 53.5 Å². The lowest BCUT2D eigenvalue weighted by Gasteiger charge is -2.14. The average molecular weight is 378 g/mol. The summed E-state index contributed by atoms with van der Waals surface area (Å²) in [6.07, 6.45) is 0. The maximum Gasteiger partial charge on any atom is 0.334 e. The number of nitro groups is 1. The lowest BCUT2D eigenvalue weighted by atomic mass is 10.1. The van der Waals surface area contributed by atoms with Gasteiger partial charge in [0.2, 0.25) is 0 Å². The van der Waals surface area contributed by atoms with Crippen molar-refractivity contribution in [3.63, 3.8) is 0 Å². The first-order valence-corrected chi connectivity index (χ1v) is 8.45. The van der Waals surface area contributed by atoms with Gasteiger partial charge in [-0.25, -0.2) is 4.73 Å². The van der Waals surface area contributed by atoms with Crippen molar-refractivity contribution in [2.75, 3.05) is 0 Å². The van der Waals surface area contributed by atoms with E-state index in [2.05, 4.69) is 4.98 Å². The van der Waals surface area contributed by atoms with Crippen LogP contribution < -0.4 is 4.73 Å². The van der Waals surface area contributed by atoms with Crippen LogP contribution in [0.1, 0.15) is 0 Å². The SMILES string of the molecule is O=[N+]([O-])c1ccc(-c2nc3ccccc3c(-c3ccc(Cl)cc3)[n+]2[O-])cc1. The van der Waals surface area contributed by atoms with Crippen LogP contribution in [-0.4, -0.2) is 9.91 Å². The molecule has 0 bridgehead atoms. The molecule has 4 rings (SSSR count). The second-order valence-electron chi connectivity index (χ2n) is 5.91. The highest BCUT2D eigenvalue weighted by atomic mass is 35.5. The molecule has 0 amide bonds. The Morgan fingerprint density at radius 1 is 0.889 bits per heavy atom. The van der Waals surface area contributed by atoms with Crippen LogP contribution in [0.15, 0.2) is 72.8 Å². The molecule has 3 aromatic carbocycles. The minimum absolute atomic E-state index is 0.0464. The van der Waals surface area contributed by atoms with Crippen LogP contribution in [0.2, 0.25) is 5.02 Å². The number of para-hydroxylation sites is 1. The van der Waals surface area contributed by atoms with Gasteiger partial charge in [-0.15, -0.1) is 0 Å². The summed E-state index contributed by atoms with van der Waals surface area (Å²) in [5, 5.41) is 25.3. The quantitative estimate of drug-likeness (QED) is 0.223. The molecule has 4 aromatic rings. The summed E-state index contributed by atoms with van der Waals surface area (Å²) in [4.78, 5) is 14.9. The zero-order valence-corrected chi connectivity index (χ0v) is 14.6. The van der Waals surface area contributed by atoms with Gasteiger partial charge >= 0.3 is 5.82 Å². The number of hydrogen-bond donors (Lipinski definition) is 0. The Morgan fingerprint density at radius 2 is 1.52 bits per heavy atom. The fourth-order valence-electron chi connectivity index (χ4n) is 2.94. The van der Waals surface area contributed by atoms with Crippen molar-refractivity contribution in [2.24, 2.45) is 0 Å². The first kappa shape index (κ1) is 16.9. The number of benzene rings is 3. The molecule has 0 aliphatic carbocycles. The van der Waals surface area contributed by atoms with Gasteiger partial charge in [0.15, 0.2) is 5.52 Å². The third kappa shape index (κ3) is 3.07. The number of hydrogen-bond acceptors (Lipinski definition) is 4. The van der Waals surface area contributed by atoms with Gasteiger partial charge in [-0.2, -0.15) is 0 Å². The van der Waals surface area contributed by atoms with Crippen molar-refractivity contribution in [1.29, 1.82) is 0 Å². The van der Waals surface area contributed by atoms with E-state index in [0.717, 1.165) is 4.73 Å². The molecule has 0 radical (unpaired) electrons. The smallest absolute Gasteiger partial charge is 0.334 e. The second-order valence-corrected chi connectivity index (χ2v) is 6.34. The molecule has 0 N–H and O–H groups in total. The molecular weight excluding hydrogens is 366 g/mol. The van der Waals surface area contributed by atoms with Crippen molar-refractivity contribution in [3.8, 4) is 22.6 Å². The molecule has 1 aromatic heterocycles. The highest BCUT2D eigenvalue weighted by molar-refractivity contribution is 6.30. The van der Waals surface area contributed by atoms with Crippen molar-refractivity contribution in [1.82, 2.24) is 4.98 Å². The minimum atomic E-state index is -0.484. The van der Waals surface area contributed by atoms with Crippen molar-refractivity contribution < 1.29 is 9.65 Å². The molecule has 0 fully saturated rings. The maximum absolute atomic E-state index is 13.2. The van der Waals surface area contributed by atoms with Gasteiger partial charge in [0.1, 0.15) is 5.69 Å². The summed E-state index contributed by atoms with van der Waals surface area (Å²) < 4.78 is 0.757. The van der Waals surface area contributed by atoms with Crippen molar-refractivity contribution in [2.45, 2.75) is 0 Å². The van der Waals surface area contributed by atoms with Crippen LogP contribution in [0.5, 0.6) is 0 Å². The number of nitrogens with zero attached hydrogens (tertiary/aromatic N) is 3. The molecule has 1 heterocycles. The number of nitro benzene ring substituents is 1. The molecule has 0 saturated carbocycles. The molecule has 132 valence electrons. The van der Waals surface area contributed by atoms with Crippen LogP contribution >= 0.6 is 11.6 Å². The van der Waals surface area contributed by atoms with Gasteiger partial charge in [0.05, 0.1) is 15.9 Å². The lowest BCUT2D eigenvalue weighted by molar-refractivity contribution is -0.583. The summed E-state index contributed by atoms with van der Waals surface area (Å²) in [6.45, 7) is 0. The van der Waals surface area contributed by atoms with Crippen LogP contribution in [0, 0.1) is 15.3 Å². The van der Waals surface area contributed by atoms with Crippen LogP contribution in [0.4, 0.5) is 5.69 Å². The number of non-ortho nitro benzene ring substituents is 1. The Hall–Kier alpha value is -3.51. The van der Waals surface area contributed by atoms with Gasteiger partial charge in [-0.1, -0.05) is 23.7 Å². The van der Waals surface area contributed by atoms with E-state index in [1.54, 1.807) is 24.3 Å². The Morgan fingerprint density at radius 3 is 2.19 bits per heavy atom. The van der Waals surface area contributed by atoms with E-state index < -0.39 is 4.92 Å². The molecule has 0 aliphatic heterocycles. The molecule has 0 unspecified atom stereocenters. The normalized spacial score (nSPS) is 10.9. The van der Waals surface area contributed by atoms with E-state index in [1.807, 2.05) is 24.3 Å². The average Bonchev–Trinajstić information content (AvgIpc) is 2.68. The summed E-state index contributed by atoms with van der Waals surface area (Å²) >= 11 is 5.97. The summed E-state index contributed by atoms with van der Waals surface area (Å²) in [5.41, 5.74) is 2.26. The predicted molar refractivity (Wildman–Crippen MR) is 103 cm³/mol. The Labute approximate surface area is 159 Å². The number of halogens is 1. The van der Waals surface area contributed by atoms with Crippen molar-refractivity contribution in [3.05, 3.63) is 93.1 Å². The maximum atomic E-state index is 13.2. The fraction of sp³-hybridized carbons (Fsp3) is 0. The van der Waals surface area contributed by atoms with E-state index in [4.69, 9.17) is 11.6 Å². The monoisotopic (exact) mass is 377 g/mol. The van der Waals surface area contributed by atoms with Crippen molar-refractivity contribution >= 4 is 28.2 Å². The first-order valence-electron chi connectivity index (χ1n) is 8.07. The van der Waals surface area contributed by atoms with E-state index in [0.29, 0.717) is 32.7 Å². The highest BCUT2D eigenvalue weighted by Gasteiger charge is 2.21. The number of fused-ring (bicyclic) bond motifs is 1. The first-order chi connectivity index (χ1) is 13.0. The summed E-state index contributed by atoms with van der Waals surface area (Å²) in [6, 6.07) is 20.1. The number of rotatable bonds is 3. The largest absolute Gasteiger partial charge is 0.710 e. The standard InChI is InChI=1S/C20H12ClN3O3/c21-15-9-5-13(6-10-15)19-17-3-1-2-4-18(17)22-20(23(19)25)14-7-11-16(12-8-14)24(26)27/h1-12H. The van der Waals surface area contributed by atoms with Gasteiger partial charge < -0.3 is 5.21 Å². The lowest BCUT2D eigenvalue weighted by Crippen LogP contribution is -2.33. The molecular formula is C20H12ClN3O3. The minimum Gasteiger partial charge on any atom is -0.710 e. The molecule has 0 saturated heterocycles. The third-order valence-corrected chi connectivity index (χ3v) is 4.49. The Balaban J connectivity index is 1.98. The predicted octanol–water partition coefficient (Wildman–Crippen LogP) is 4.76. The number of aromatic nitrogens is 2. The van der Waals surface area contributed by atoms with Gasteiger partial charge in [0, 0.05) is 22.7 Å². The van der Waals surface area contributed by atoms with E-state index in [1.165, 1.54) is 24.3 Å². The van der Waals surface area contributed by atoms with E-state index in [9.17, 15) is 15.3 Å². The molecule has 27 heavy (non-hydrogen) atoms. The fourth-order valence-corrected chi connectivity index (χ4v) is 3.07. The molecule has 6 nitrogen and oxygen atoms in total. The second kappa shape index (κ2) is 6.66.